The molecule has 0 unspecified atom stereocenters. The standard InChI is InChI=1S/C25H17F3N2O3/c26-25(27,28)33-20-8-4-7-19(15-20)29-23(31)21-13-14-22(30-24(21)32)18-11-9-17(10-12-18)16-5-2-1-3-6-16/h1-15H,(H,29,31)(H,30,32). The summed E-state index contributed by atoms with van der Waals surface area (Å²) in [5.74, 6) is -1.24. The summed E-state index contributed by atoms with van der Waals surface area (Å²) in [6, 6.07) is 25.2. The number of rotatable bonds is 5. The molecule has 4 rings (SSSR count). The number of aromatic nitrogens is 1. The summed E-state index contributed by atoms with van der Waals surface area (Å²) >= 11 is 0. The second kappa shape index (κ2) is 9.04. The number of nitrogens with one attached hydrogen (secondary N) is 2. The Morgan fingerprint density at radius 2 is 1.45 bits per heavy atom. The molecular weight excluding hydrogens is 433 g/mol. The zero-order valence-electron chi connectivity index (χ0n) is 17.0. The van der Waals surface area contributed by atoms with Crippen molar-refractivity contribution in [2.24, 2.45) is 0 Å². The van der Waals surface area contributed by atoms with E-state index >= 15 is 0 Å². The van der Waals surface area contributed by atoms with Gasteiger partial charge in [0.2, 0.25) is 0 Å². The molecule has 0 bridgehead atoms. The van der Waals surface area contributed by atoms with E-state index in [1.54, 1.807) is 6.07 Å². The van der Waals surface area contributed by atoms with E-state index in [-0.39, 0.29) is 11.3 Å². The minimum atomic E-state index is -4.85. The summed E-state index contributed by atoms with van der Waals surface area (Å²) in [5.41, 5.74) is 2.62. The second-order valence-corrected chi connectivity index (χ2v) is 7.09. The molecule has 1 amide bonds. The van der Waals surface area contributed by atoms with E-state index in [0.29, 0.717) is 5.69 Å². The number of hydrogen-bond donors (Lipinski definition) is 2. The molecule has 5 nitrogen and oxygen atoms in total. The van der Waals surface area contributed by atoms with Crippen molar-refractivity contribution in [1.82, 2.24) is 4.98 Å². The minimum Gasteiger partial charge on any atom is -0.406 e. The lowest BCUT2D eigenvalue weighted by Gasteiger charge is -2.11. The topological polar surface area (TPSA) is 71.2 Å². The van der Waals surface area contributed by atoms with Crippen LogP contribution in [0.2, 0.25) is 0 Å². The summed E-state index contributed by atoms with van der Waals surface area (Å²) in [6.45, 7) is 0. The summed E-state index contributed by atoms with van der Waals surface area (Å²) in [7, 11) is 0. The monoisotopic (exact) mass is 450 g/mol. The smallest absolute Gasteiger partial charge is 0.406 e. The first-order valence-electron chi connectivity index (χ1n) is 9.85. The number of benzene rings is 3. The van der Waals surface area contributed by atoms with E-state index in [2.05, 4.69) is 15.0 Å². The highest BCUT2D eigenvalue weighted by atomic mass is 19.4. The molecule has 0 atom stereocenters. The first-order valence-corrected chi connectivity index (χ1v) is 9.85. The van der Waals surface area contributed by atoms with Gasteiger partial charge in [-0.15, -0.1) is 13.2 Å². The fourth-order valence-electron chi connectivity index (χ4n) is 3.26. The minimum absolute atomic E-state index is 0.0572. The fourth-order valence-corrected chi connectivity index (χ4v) is 3.26. The third kappa shape index (κ3) is 5.48. The Morgan fingerprint density at radius 3 is 2.12 bits per heavy atom. The first kappa shape index (κ1) is 21.9. The molecule has 0 spiro atoms. The lowest BCUT2D eigenvalue weighted by Crippen LogP contribution is -2.23. The van der Waals surface area contributed by atoms with Crippen LogP contribution in [0.3, 0.4) is 0 Å². The Balaban J connectivity index is 1.50. The molecule has 0 aliphatic rings. The zero-order chi connectivity index (χ0) is 23.4. The largest absolute Gasteiger partial charge is 0.573 e. The van der Waals surface area contributed by atoms with E-state index < -0.39 is 23.6 Å². The van der Waals surface area contributed by atoms with Crippen LogP contribution < -0.4 is 15.6 Å². The highest BCUT2D eigenvalue weighted by Crippen LogP contribution is 2.26. The summed E-state index contributed by atoms with van der Waals surface area (Å²) in [5, 5.41) is 2.40. The Labute approximate surface area is 186 Å². The van der Waals surface area contributed by atoms with Crippen LogP contribution >= 0.6 is 0 Å². The van der Waals surface area contributed by atoms with Gasteiger partial charge < -0.3 is 15.0 Å². The van der Waals surface area contributed by atoms with E-state index in [4.69, 9.17) is 0 Å². The second-order valence-electron chi connectivity index (χ2n) is 7.09. The van der Waals surface area contributed by atoms with Gasteiger partial charge in [-0.1, -0.05) is 60.7 Å². The van der Waals surface area contributed by atoms with Crippen molar-refractivity contribution in [2.75, 3.05) is 5.32 Å². The fraction of sp³-hybridized carbons (Fsp3) is 0.0400. The zero-order valence-corrected chi connectivity index (χ0v) is 17.0. The normalized spacial score (nSPS) is 11.1. The van der Waals surface area contributed by atoms with Gasteiger partial charge in [-0.25, -0.2) is 0 Å². The lowest BCUT2D eigenvalue weighted by atomic mass is 10.0. The molecule has 0 fully saturated rings. The number of pyridine rings is 1. The van der Waals surface area contributed by atoms with Crippen LogP contribution in [-0.4, -0.2) is 17.3 Å². The average molecular weight is 450 g/mol. The number of hydrogen-bond acceptors (Lipinski definition) is 3. The molecule has 33 heavy (non-hydrogen) atoms. The van der Waals surface area contributed by atoms with Gasteiger partial charge >= 0.3 is 6.36 Å². The number of H-pyrrole nitrogens is 1. The molecule has 166 valence electrons. The van der Waals surface area contributed by atoms with E-state index in [1.165, 1.54) is 18.2 Å². The van der Waals surface area contributed by atoms with Gasteiger partial charge in [-0.2, -0.15) is 0 Å². The molecule has 0 aliphatic carbocycles. The molecular formula is C25H17F3N2O3. The van der Waals surface area contributed by atoms with Gasteiger partial charge in [0, 0.05) is 17.4 Å². The van der Waals surface area contributed by atoms with Crippen molar-refractivity contribution in [3.05, 3.63) is 107 Å². The number of carbonyl (C=O) groups excluding carboxylic acids is 1. The van der Waals surface area contributed by atoms with Gasteiger partial charge in [0.05, 0.1) is 0 Å². The van der Waals surface area contributed by atoms with Gasteiger partial charge in [0.1, 0.15) is 11.3 Å². The molecule has 4 aromatic rings. The number of carbonyl (C=O) groups is 1. The first-order chi connectivity index (χ1) is 15.8. The maximum absolute atomic E-state index is 12.5. The van der Waals surface area contributed by atoms with Crippen molar-refractivity contribution >= 4 is 11.6 Å². The Kier molecular flexibility index (Phi) is 5.99. The van der Waals surface area contributed by atoms with Crippen LogP contribution in [-0.2, 0) is 0 Å². The van der Waals surface area contributed by atoms with Crippen molar-refractivity contribution in [2.45, 2.75) is 6.36 Å². The summed E-state index contributed by atoms with van der Waals surface area (Å²) in [6.07, 6.45) is -4.85. The van der Waals surface area contributed by atoms with Crippen LogP contribution in [0, 0.1) is 0 Å². The van der Waals surface area contributed by atoms with E-state index in [1.807, 2.05) is 54.6 Å². The van der Waals surface area contributed by atoms with Gasteiger partial charge in [0.15, 0.2) is 0 Å². The number of ether oxygens (including phenoxy) is 1. The van der Waals surface area contributed by atoms with Crippen molar-refractivity contribution in [3.63, 3.8) is 0 Å². The highest BCUT2D eigenvalue weighted by Gasteiger charge is 2.31. The van der Waals surface area contributed by atoms with E-state index in [0.717, 1.165) is 28.8 Å². The molecule has 1 aromatic heterocycles. The number of anilines is 1. The number of amides is 1. The van der Waals surface area contributed by atoms with Gasteiger partial charge in [-0.05, 0) is 41.0 Å². The average Bonchev–Trinajstić information content (AvgIpc) is 2.79. The van der Waals surface area contributed by atoms with Gasteiger partial charge in [-0.3, -0.25) is 9.59 Å². The van der Waals surface area contributed by atoms with Crippen LogP contribution in [0.15, 0.2) is 95.8 Å². The molecule has 0 radical (unpaired) electrons. The number of aromatic amines is 1. The molecule has 3 aromatic carbocycles. The molecule has 1 heterocycles. The van der Waals surface area contributed by atoms with Crippen LogP contribution in [0.5, 0.6) is 5.75 Å². The molecule has 2 N–H and O–H groups in total. The number of alkyl halides is 3. The number of halogens is 3. The Morgan fingerprint density at radius 1 is 0.788 bits per heavy atom. The van der Waals surface area contributed by atoms with Crippen molar-refractivity contribution in [1.29, 1.82) is 0 Å². The summed E-state index contributed by atoms with van der Waals surface area (Å²) in [4.78, 5) is 27.7. The third-order valence-electron chi connectivity index (χ3n) is 4.78. The predicted molar refractivity (Wildman–Crippen MR) is 119 cm³/mol. The summed E-state index contributed by atoms with van der Waals surface area (Å²) < 4.78 is 41.0. The van der Waals surface area contributed by atoms with Crippen LogP contribution in [0.1, 0.15) is 10.4 Å². The SMILES string of the molecule is O=C(Nc1cccc(OC(F)(F)F)c1)c1ccc(-c2ccc(-c3ccccc3)cc2)[nH]c1=O. The van der Waals surface area contributed by atoms with Crippen molar-refractivity contribution in [3.8, 4) is 28.1 Å². The maximum atomic E-state index is 12.5. The maximum Gasteiger partial charge on any atom is 0.573 e. The third-order valence-corrected chi connectivity index (χ3v) is 4.78. The molecule has 0 saturated heterocycles. The molecule has 0 aliphatic heterocycles. The van der Waals surface area contributed by atoms with Crippen LogP contribution in [0.25, 0.3) is 22.4 Å². The Hall–Kier alpha value is -4.33. The Bertz CT molecular complexity index is 1330. The molecule has 8 heteroatoms. The highest BCUT2D eigenvalue weighted by molar-refractivity contribution is 6.04. The van der Waals surface area contributed by atoms with Crippen LogP contribution in [0.4, 0.5) is 18.9 Å². The van der Waals surface area contributed by atoms with Crippen molar-refractivity contribution < 1.29 is 22.7 Å². The lowest BCUT2D eigenvalue weighted by molar-refractivity contribution is -0.274. The van der Waals surface area contributed by atoms with E-state index in [9.17, 15) is 22.8 Å². The quantitative estimate of drug-likeness (QED) is 0.400. The predicted octanol–water partition coefficient (Wildman–Crippen LogP) is 5.86. The van der Waals surface area contributed by atoms with Gasteiger partial charge in [0.25, 0.3) is 11.5 Å². The molecule has 0 saturated carbocycles.